The maximum atomic E-state index is 11.5. The molecule has 1 atom stereocenters. The van der Waals surface area contributed by atoms with Crippen molar-refractivity contribution in [3.8, 4) is 5.75 Å². The van der Waals surface area contributed by atoms with E-state index in [1.54, 1.807) is 0 Å². The Bertz CT molecular complexity index is 458. The molecule has 0 unspecified atom stereocenters. The highest BCUT2D eigenvalue weighted by atomic mass is 16.6. The van der Waals surface area contributed by atoms with E-state index < -0.39 is 11.0 Å². The highest BCUT2D eigenvalue weighted by Crippen LogP contribution is 2.33. The molecule has 1 aliphatic heterocycles. The first kappa shape index (κ1) is 10.4. The zero-order valence-electron chi connectivity index (χ0n) is 8.60. The van der Waals surface area contributed by atoms with Gasteiger partial charge in [0.2, 0.25) is 0 Å². The van der Waals surface area contributed by atoms with Crippen LogP contribution in [0.2, 0.25) is 0 Å². The summed E-state index contributed by atoms with van der Waals surface area (Å²) < 4.78 is 5.39. The summed E-state index contributed by atoms with van der Waals surface area (Å²) in [5, 5.41) is 13.1. The summed E-state index contributed by atoms with van der Waals surface area (Å²) in [6.07, 6.45) is 0.0383. The fourth-order valence-electron chi connectivity index (χ4n) is 1.52. The second-order valence-corrected chi connectivity index (χ2v) is 3.44. The SMILES string of the molecule is CC[C@H]1Oc2ccc([N+](=O)[O-])cc2NC1=O. The van der Waals surface area contributed by atoms with Crippen molar-refractivity contribution < 1.29 is 14.5 Å². The summed E-state index contributed by atoms with van der Waals surface area (Å²) in [6.45, 7) is 1.83. The molecule has 0 bridgehead atoms. The third-order valence-electron chi connectivity index (χ3n) is 2.36. The molecule has 2 rings (SSSR count). The van der Waals surface area contributed by atoms with Gasteiger partial charge in [-0.1, -0.05) is 6.92 Å². The number of nitro groups is 1. The molecule has 1 heterocycles. The first-order chi connectivity index (χ1) is 7.61. The van der Waals surface area contributed by atoms with Gasteiger partial charge in [0.1, 0.15) is 5.75 Å². The quantitative estimate of drug-likeness (QED) is 0.610. The predicted molar refractivity (Wildman–Crippen MR) is 56.4 cm³/mol. The summed E-state index contributed by atoms with van der Waals surface area (Å²) >= 11 is 0. The number of benzene rings is 1. The normalized spacial score (nSPS) is 18.3. The van der Waals surface area contributed by atoms with Gasteiger partial charge in [-0.2, -0.15) is 0 Å². The summed E-state index contributed by atoms with van der Waals surface area (Å²) in [5.74, 6) is 0.201. The van der Waals surface area contributed by atoms with Gasteiger partial charge < -0.3 is 10.1 Å². The van der Waals surface area contributed by atoms with Crippen LogP contribution in [0.1, 0.15) is 13.3 Å². The van der Waals surface area contributed by atoms with Gasteiger partial charge in [-0.3, -0.25) is 14.9 Å². The molecular weight excluding hydrogens is 212 g/mol. The van der Waals surface area contributed by atoms with Crippen LogP contribution in [-0.4, -0.2) is 16.9 Å². The fourth-order valence-corrected chi connectivity index (χ4v) is 1.52. The first-order valence-corrected chi connectivity index (χ1v) is 4.87. The van der Waals surface area contributed by atoms with E-state index in [2.05, 4.69) is 5.32 Å². The zero-order valence-corrected chi connectivity index (χ0v) is 8.60. The minimum atomic E-state index is -0.519. The van der Waals surface area contributed by atoms with Gasteiger partial charge in [-0.15, -0.1) is 0 Å². The molecule has 1 amide bonds. The predicted octanol–water partition coefficient (Wildman–Crippen LogP) is 1.70. The standard InChI is InChI=1S/C10H10N2O4/c1-2-8-10(13)11-7-5-6(12(14)15)3-4-9(7)16-8/h3-5,8H,2H2,1H3,(H,11,13)/t8-/m1/s1. The van der Waals surface area contributed by atoms with E-state index in [0.29, 0.717) is 17.9 Å². The Balaban J connectivity index is 2.36. The number of anilines is 1. The molecule has 0 saturated heterocycles. The minimum Gasteiger partial charge on any atom is -0.478 e. The van der Waals surface area contributed by atoms with Crippen LogP contribution in [0.4, 0.5) is 11.4 Å². The number of ether oxygens (including phenoxy) is 1. The molecule has 1 aromatic carbocycles. The smallest absolute Gasteiger partial charge is 0.271 e. The minimum absolute atomic E-state index is 0.0717. The molecule has 0 saturated carbocycles. The zero-order chi connectivity index (χ0) is 11.7. The van der Waals surface area contributed by atoms with E-state index in [4.69, 9.17) is 4.74 Å². The van der Waals surface area contributed by atoms with Crippen molar-refractivity contribution in [3.05, 3.63) is 28.3 Å². The maximum absolute atomic E-state index is 11.5. The number of nitrogens with one attached hydrogen (secondary N) is 1. The number of rotatable bonds is 2. The highest BCUT2D eigenvalue weighted by molar-refractivity contribution is 5.98. The Morgan fingerprint density at radius 2 is 2.31 bits per heavy atom. The third kappa shape index (κ3) is 1.69. The van der Waals surface area contributed by atoms with E-state index >= 15 is 0 Å². The molecule has 6 nitrogen and oxygen atoms in total. The third-order valence-corrected chi connectivity index (χ3v) is 2.36. The number of carbonyl (C=O) groups is 1. The van der Waals surface area contributed by atoms with Gasteiger partial charge in [0.25, 0.3) is 11.6 Å². The number of fused-ring (bicyclic) bond motifs is 1. The Kier molecular flexibility index (Phi) is 2.47. The van der Waals surface area contributed by atoms with Crippen LogP contribution in [0.5, 0.6) is 5.75 Å². The average molecular weight is 222 g/mol. The molecule has 6 heteroatoms. The lowest BCUT2D eigenvalue weighted by Gasteiger charge is -2.24. The summed E-state index contributed by atoms with van der Waals surface area (Å²) in [6, 6.07) is 4.14. The summed E-state index contributed by atoms with van der Waals surface area (Å²) in [5.41, 5.74) is 0.279. The number of non-ortho nitro benzene ring substituents is 1. The highest BCUT2D eigenvalue weighted by Gasteiger charge is 2.27. The van der Waals surface area contributed by atoms with E-state index in [0.717, 1.165) is 0 Å². The van der Waals surface area contributed by atoms with Crippen LogP contribution in [0.15, 0.2) is 18.2 Å². The molecule has 0 spiro atoms. The van der Waals surface area contributed by atoms with Crippen molar-refractivity contribution >= 4 is 17.3 Å². The first-order valence-electron chi connectivity index (χ1n) is 4.87. The summed E-state index contributed by atoms with van der Waals surface area (Å²) in [7, 11) is 0. The summed E-state index contributed by atoms with van der Waals surface area (Å²) in [4.78, 5) is 21.5. The fraction of sp³-hybridized carbons (Fsp3) is 0.300. The van der Waals surface area contributed by atoms with E-state index in [9.17, 15) is 14.9 Å². The van der Waals surface area contributed by atoms with E-state index in [1.807, 2.05) is 6.92 Å². The van der Waals surface area contributed by atoms with E-state index in [1.165, 1.54) is 18.2 Å². The number of hydrogen-bond acceptors (Lipinski definition) is 4. The number of nitrogens with zero attached hydrogens (tertiary/aromatic N) is 1. The van der Waals surface area contributed by atoms with Crippen LogP contribution < -0.4 is 10.1 Å². The molecule has 0 fully saturated rings. The molecule has 84 valence electrons. The van der Waals surface area contributed by atoms with Gasteiger partial charge in [-0.25, -0.2) is 0 Å². The van der Waals surface area contributed by atoms with Crippen molar-refractivity contribution in [1.29, 1.82) is 0 Å². The molecule has 0 aromatic heterocycles. The van der Waals surface area contributed by atoms with Crippen molar-refractivity contribution in [2.45, 2.75) is 19.4 Å². The molecule has 0 radical (unpaired) electrons. The lowest BCUT2D eigenvalue weighted by atomic mass is 10.1. The lowest BCUT2D eigenvalue weighted by molar-refractivity contribution is -0.384. The number of hydrogen-bond donors (Lipinski definition) is 1. The number of nitro benzene ring substituents is 1. The average Bonchev–Trinajstić information content (AvgIpc) is 2.27. The van der Waals surface area contributed by atoms with Gasteiger partial charge in [0.15, 0.2) is 6.10 Å². The van der Waals surface area contributed by atoms with Crippen LogP contribution in [0.25, 0.3) is 0 Å². The topological polar surface area (TPSA) is 81.5 Å². The lowest BCUT2D eigenvalue weighted by Crippen LogP contribution is -2.36. The number of amides is 1. The monoisotopic (exact) mass is 222 g/mol. The number of carbonyl (C=O) groups excluding carboxylic acids is 1. The molecule has 16 heavy (non-hydrogen) atoms. The van der Waals surface area contributed by atoms with Gasteiger partial charge in [0.05, 0.1) is 10.6 Å². The molecule has 1 aromatic rings. The second-order valence-electron chi connectivity index (χ2n) is 3.44. The molecule has 0 aliphatic carbocycles. The second kappa shape index (κ2) is 3.80. The molecule has 1 N–H and O–H groups in total. The van der Waals surface area contributed by atoms with Crippen molar-refractivity contribution in [1.82, 2.24) is 0 Å². The Labute approximate surface area is 91.4 Å². The van der Waals surface area contributed by atoms with Crippen LogP contribution in [-0.2, 0) is 4.79 Å². The van der Waals surface area contributed by atoms with Gasteiger partial charge in [0, 0.05) is 12.1 Å². The Morgan fingerprint density at radius 3 is 2.94 bits per heavy atom. The van der Waals surface area contributed by atoms with E-state index in [-0.39, 0.29) is 11.6 Å². The van der Waals surface area contributed by atoms with Crippen LogP contribution in [0, 0.1) is 10.1 Å². The van der Waals surface area contributed by atoms with Crippen molar-refractivity contribution in [3.63, 3.8) is 0 Å². The molecular formula is C10H10N2O4. The van der Waals surface area contributed by atoms with Crippen molar-refractivity contribution in [2.75, 3.05) is 5.32 Å². The Hall–Kier alpha value is -2.11. The van der Waals surface area contributed by atoms with Crippen LogP contribution >= 0.6 is 0 Å². The van der Waals surface area contributed by atoms with Crippen LogP contribution in [0.3, 0.4) is 0 Å². The largest absolute Gasteiger partial charge is 0.478 e. The van der Waals surface area contributed by atoms with Gasteiger partial charge >= 0.3 is 0 Å². The van der Waals surface area contributed by atoms with Gasteiger partial charge in [-0.05, 0) is 12.5 Å². The molecule has 1 aliphatic rings. The maximum Gasteiger partial charge on any atom is 0.271 e. The Morgan fingerprint density at radius 1 is 1.56 bits per heavy atom. The van der Waals surface area contributed by atoms with Crippen molar-refractivity contribution in [2.24, 2.45) is 0 Å².